The topological polar surface area (TPSA) is 94.5 Å². The Morgan fingerprint density at radius 2 is 1.93 bits per heavy atom. The third kappa shape index (κ3) is 3.78. The summed E-state index contributed by atoms with van der Waals surface area (Å²) in [6.45, 7) is 13.2. The minimum absolute atomic E-state index is 0.00723. The highest BCUT2D eigenvalue weighted by Gasteiger charge is 2.63. The zero-order valence-electron chi connectivity index (χ0n) is 19.1. The maximum absolute atomic E-state index is 13.7. The van der Waals surface area contributed by atoms with E-state index >= 15 is 0 Å². The smallest absolute Gasteiger partial charge is 0.165 e. The van der Waals surface area contributed by atoms with E-state index in [9.17, 15) is 15.0 Å². The summed E-state index contributed by atoms with van der Waals surface area (Å²) in [7, 11) is 1.52. The van der Waals surface area contributed by atoms with Crippen LogP contribution < -0.4 is 0 Å². The lowest BCUT2D eigenvalue weighted by Gasteiger charge is -2.44. The lowest BCUT2D eigenvalue weighted by molar-refractivity contribution is -0.170. The highest BCUT2D eigenvalue weighted by atomic mass is 16.8. The van der Waals surface area contributed by atoms with Gasteiger partial charge in [-0.25, -0.2) is 0 Å². The van der Waals surface area contributed by atoms with Gasteiger partial charge in [-0.15, -0.1) is 6.58 Å². The third-order valence-corrected chi connectivity index (χ3v) is 7.85. The minimum Gasteiger partial charge on any atom is -0.390 e. The van der Waals surface area contributed by atoms with Gasteiger partial charge < -0.3 is 29.2 Å². The molecule has 2 N–H and O–H groups in total. The molecule has 7 heteroatoms. The predicted octanol–water partition coefficient (Wildman–Crippen LogP) is 2.43. The van der Waals surface area contributed by atoms with Crippen molar-refractivity contribution in [1.82, 2.24) is 0 Å². The SMILES string of the molecule is C=C[C@H]1OC(C)(C)O[C@H]1[C@H]1C[C@H](O)[C@]2(O)CC[C@H]([C@@H](OCOC)C(=O)[C@@H]1C)C2(C)C. The largest absolute Gasteiger partial charge is 0.390 e. The van der Waals surface area contributed by atoms with Crippen LogP contribution in [0, 0.1) is 23.2 Å². The van der Waals surface area contributed by atoms with E-state index in [0.717, 1.165) is 0 Å². The zero-order valence-corrected chi connectivity index (χ0v) is 19.1. The van der Waals surface area contributed by atoms with Gasteiger partial charge in [0.1, 0.15) is 19.0 Å². The van der Waals surface area contributed by atoms with Crippen molar-refractivity contribution in [3.63, 3.8) is 0 Å². The molecular formula is C23H38O7. The Balaban J connectivity index is 2.04. The maximum atomic E-state index is 13.7. The summed E-state index contributed by atoms with van der Waals surface area (Å²) in [5.41, 5.74) is -2.03. The fourth-order valence-corrected chi connectivity index (χ4v) is 5.92. The van der Waals surface area contributed by atoms with Crippen molar-refractivity contribution in [2.24, 2.45) is 23.2 Å². The molecule has 8 atom stereocenters. The van der Waals surface area contributed by atoms with Gasteiger partial charge >= 0.3 is 0 Å². The molecule has 0 unspecified atom stereocenters. The molecule has 30 heavy (non-hydrogen) atoms. The van der Waals surface area contributed by atoms with Crippen LogP contribution in [-0.4, -0.2) is 65.7 Å². The van der Waals surface area contributed by atoms with Crippen LogP contribution in [0.15, 0.2) is 12.7 Å². The first kappa shape index (κ1) is 23.8. The molecule has 7 nitrogen and oxygen atoms in total. The Morgan fingerprint density at radius 3 is 2.53 bits per heavy atom. The molecule has 1 heterocycles. The molecule has 0 aromatic heterocycles. The first-order valence-corrected chi connectivity index (χ1v) is 10.9. The molecule has 0 spiro atoms. The lowest BCUT2D eigenvalue weighted by atomic mass is 9.67. The summed E-state index contributed by atoms with van der Waals surface area (Å²) in [4.78, 5) is 13.7. The van der Waals surface area contributed by atoms with Crippen molar-refractivity contribution >= 4 is 5.78 Å². The van der Waals surface area contributed by atoms with Crippen molar-refractivity contribution in [3.8, 4) is 0 Å². The predicted molar refractivity (Wildman–Crippen MR) is 111 cm³/mol. The second-order valence-electron chi connectivity index (χ2n) is 10.2. The van der Waals surface area contributed by atoms with E-state index in [1.54, 1.807) is 6.08 Å². The van der Waals surface area contributed by atoms with Crippen LogP contribution in [0.3, 0.4) is 0 Å². The fourth-order valence-electron chi connectivity index (χ4n) is 5.92. The normalized spacial score (nSPS) is 45.6. The number of rotatable bonds is 5. The standard InChI is InChI=1S/C23H38O7/c1-8-16-19(30-22(5,6)29-16)14-11-17(24)23(26)10-9-15(21(23,3)4)20(28-12-27-7)18(25)13(14)2/h8,13-17,19-20,24,26H,1,9-12H2,2-7H3/t13-,14+,15-,16-,17+,19+,20-,23-/m1/s1. The number of aliphatic hydroxyl groups is 2. The molecule has 172 valence electrons. The summed E-state index contributed by atoms with van der Waals surface area (Å²) in [6, 6.07) is 0. The van der Waals surface area contributed by atoms with Gasteiger partial charge in [-0.05, 0) is 33.1 Å². The van der Waals surface area contributed by atoms with Crippen LogP contribution in [0.4, 0.5) is 0 Å². The van der Waals surface area contributed by atoms with Crippen molar-refractivity contribution < 1.29 is 34.0 Å². The van der Waals surface area contributed by atoms with E-state index in [4.69, 9.17) is 18.9 Å². The van der Waals surface area contributed by atoms with Gasteiger partial charge in [0.2, 0.25) is 0 Å². The van der Waals surface area contributed by atoms with E-state index in [2.05, 4.69) is 6.58 Å². The maximum Gasteiger partial charge on any atom is 0.165 e. The molecule has 1 aliphatic heterocycles. The van der Waals surface area contributed by atoms with Crippen molar-refractivity contribution in [2.75, 3.05) is 13.9 Å². The summed E-state index contributed by atoms with van der Waals surface area (Å²) >= 11 is 0. The quantitative estimate of drug-likeness (QED) is 0.515. The van der Waals surface area contributed by atoms with Crippen LogP contribution >= 0.6 is 0 Å². The van der Waals surface area contributed by atoms with Crippen molar-refractivity contribution in [2.45, 2.75) is 89.7 Å². The molecule has 1 saturated heterocycles. The van der Waals surface area contributed by atoms with Gasteiger partial charge in [-0.2, -0.15) is 0 Å². The molecule has 3 rings (SSSR count). The first-order chi connectivity index (χ1) is 13.9. The van der Waals surface area contributed by atoms with Crippen molar-refractivity contribution in [1.29, 1.82) is 0 Å². The van der Waals surface area contributed by atoms with Crippen LogP contribution in [0.25, 0.3) is 0 Å². The molecule has 2 saturated carbocycles. The average Bonchev–Trinajstić information content (AvgIpc) is 3.12. The third-order valence-electron chi connectivity index (χ3n) is 7.85. The number of aliphatic hydroxyl groups excluding tert-OH is 1. The van der Waals surface area contributed by atoms with E-state index < -0.39 is 47.1 Å². The number of hydrogen-bond donors (Lipinski definition) is 2. The van der Waals surface area contributed by atoms with E-state index in [1.165, 1.54) is 7.11 Å². The van der Waals surface area contributed by atoms with Crippen LogP contribution in [0.5, 0.6) is 0 Å². The van der Waals surface area contributed by atoms with E-state index in [-0.39, 0.29) is 30.8 Å². The fraction of sp³-hybridized carbons (Fsp3) is 0.870. The number of Topliss-reactive ketones (excluding diaryl/α,β-unsaturated/α-hetero) is 1. The molecule has 3 fully saturated rings. The Bertz CT molecular complexity index is 660. The first-order valence-electron chi connectivity index (χ1n) is 10.9. The number of methoxy groups -OCH3 is 1. The van der Waals surface area contributed by atoms with Crippen LogP contribution in [0.2, 0.25) is 0 Å². The van der Waals surface area contributed by atoms with Gasteiger partial charge in [-0.3, -0.25) is 4.79 Å². The molecule has 0 aromatic rings. The minimum atomic E-state index is -1.33. The number of carbonyl (C=O) groups excluding carboxylic acids is 1. The lowest BCUT2D eigenvalue weighted by Crippen LogP contribution is -2.54. The van der Waals surface area contributed by atoms with Crippen molar-refractivity contribution in [3.05, 3.63) is 12.7 Å². The Morgan fingerprint density at radius 1 is 1.27 bits per heavy atom. The Labute approximate surface area is 179 Å². The second-order valence-corrected chi connectivity index (χ2v) is 10.2. The van der Waals surface area contributed by atoms with E-state index in [0.29, 0.717) is 12.8 Å². The summed E-state index contributed by atoms with van der Waals surface area (Å²) in [6.07, 6.45) is 0.314. The summed E-state index contributed by atoms with van der Waals surface area (Å²) in [5.74, 6) is -1.94. The van der Waals surface area contributed by atoms with Gasteiger partial charge in [0.05, 0.1) is 17.8 Å². The monoisotopic (exact) mass is 426 g/mol. The molecule has 0 radical (unpaired) electrons. The van der Waals surface area contributed by atoms with E-state index in [1.807, 2.05) is 34.6 Å². The number of carbonyl (C=O) groups is 1. The molecule has 0 amide bonds. The molecule has 2 aliphatic carbocycles. The zero-order chi connectivity index (χ0) is 22.5. The average molecular weight is 427 g/mol. The molecule has 2 bridgehead atoms. The second kappa shape index (κ2) is 8.26. The Hall–Kier alpha value is -0.830. The van der Waals surface area contributed by atoms with Gasteiger partial charge in [0.25, 0.3) is 0 Å². The number of fused-ring (bicyclic) bond motifs is 2. The van der Waals surface area contributed by atoms with Gasteiger partial charge in [0.15, 0.2) is 11.6 Å². The molecular weight excluding hydrogens is 388 g/mol. The molecule has 0 aromatic carbocycles. The summed E-state index contributed by atoms with van der Waals surface area (Å²) < 4.78 is 23.1. The Kier molecular flexibility index (Phi) is 6.56. The van der Waals surface area contributed by atoms with Crippen LogP contribution in [0.1, 0.15) is 53.9 Å². The summed E-state index contributed by atoms with van der Waals surface area (Å²) in [5, 5.41) is 22.9. The number of ether oxygens (including phenoxy) is 4. The van der Waals surface area contributed by atoms with Gasteiger partial charge in [0, 0.05) is 30.3 Å². The van der Waals surface area contributed by atoms with Crippen LogP contribution in [-0.2, 0) is 23.7 Å². The highest BCUT2D eigenvalue weighted by Crippen LogP contribution is 2.56. The number of ketones is 1. The highest BCUT2D eigenvalue weighted by molar-refractivity contribution is 5.86. The molecule has 3 aliphatic rings. The van der Waals surface area contributed by atoms with Gasteiger partial charge in [-0.1, -0.05) is 26.8 Å². The number of hydrogen-bond acceptors (Lipinski definition) is 7.